The fourth-order valence-electron chi connectivity index (χ4n) is 1.79. The van der Waals surface area contributed by atoms with Crippen molar-refractivity contribution in [3.8, 4) is 12.3 Å². The third-order valence-corrected chi connectivity index (χ3v) is 8.74. The second-order valence-electron chi connectivity index (χ2n) is 6.97. The van der Waals surface area contributed by atoms with Gasteiger partial charge in [0, 0.05) is 12.5 Å². The van der Waals surface area contributed by atoms with E-state index < -0.39 is 32.8 Å². The van der Waals surface area contributed by atoms with E-state index in [-0.39, 0.29) is 5.04 Å². The van der Waals surface area contributed by atoms with Crippen molar-refractivity contribution in [1.29, 1.82) is 0 Å². The Morgan fingerprint density at radius 2 is 2.00 bits per heavy atom. The van der Waals surface area contributed by atoms with E-state index >= 15 is 0 Å². The molecule has 0 aromatic rings. The first-order valence-electron chi connectivity index (χ1n) is 7.87. The lowest BCUT2D eigenvalue weighted by atomic mass is 10.1. The first-order valence-corrected chi connectivity index (χ1v) is 10.8. The Hall–Kier alpha value is -1.13. The second kappa shape index (κ2) is 8.11. The molecule has 0 spiro atoms. The van der Waals surface area contributed by atoms with Crippen molar-refractivity contribution in [2.45, 2.75) is 64.3 Å². The minimum absolute atomic E-state index is 0.0851. The van der Waals surface area contributed by atoms with Crippen LogP contribution < -0.4 is 0 Å². The van der Waals surface area contributed by atoms with Gasteiger partial charge in [-0.25, -0.2) is 4.79 Å². The quantitative estimate of drug-likeness (QED) is 0.245. The lowest BCUT2D eigenvalue weighted by Crippen LogP contribution is -2.47. The molecule has 23 heavy (non-hydrogen) atoms. The zero-order chi connectivity index (χ0) is 17.7. The molecule has 0 N–H and O–H groups in total. The molecule has 1 aliphatic heterocycles. The molecule has 3 atom stereocenters. The van der Waals surface area contributed by atoms with E-state index in [0.29, 0.717) is 13.2 Å². The van der Waals surface area contributed by atoms with E-state index in [1.54, 1.807) is 12.2 Å². The zero-order valence-corrected chi connectivity index (χ0v) is 15.9. The molecular formula is C17H28O5Si. The minimum atomic E-state index is -1.93. The van der Waals surface area contributed by atoms with E-state index in [9.17, 15) is 4.79 Å². The van der Waals surface area contributed by atoms with E-state index in [1.165, 1.54) is 0 Å². The number of terminal acetylenes is 1. The Morgan fingerprint density at radius 1 is 1.35 bits per heavy atom. The summed E-state index contributed by atoms with van der Waals surface area (Å²) in [4.78, 5) is 11.4. The average molecular weight is 340 g/mol. The first kappa shape index (κ1) is 19.9. The van der Waals surface area contributed by atoms with E-state index in [1.807, 2.05) is 12.8 Å². The van der Waals surface area contributed by atoms with Gasteiger partial charge in [0.25, 0.3) is 0 Å². The maximum atomic E-state index is 11.4. The molecule has 0 fully saturated rings. The highest BCUT2D eigenvalue weighted by atomic mass is 28.4. The van der Waals surface area contributed by atoms with Crippen LogP contribution in [0.4, 0.5) is 0 Å². The monoisotopic (exact) mass is 340 g/mol. The van der Waals surface area contributed by atoms with Crippen molar-refractivity contribution < 1.29 is 23.4 Å². The molecule has 0 aromatic carbocycles. The molecule has 1 heterocycles. The topological polar surface area (TPSA) is 54.0 Å². The van der Waals surface area contributed by atoms with Crippen LogP contribution in [0.1, 0.15) is 27.7 Å². The van der Waals surface area contributed by atoms with Crippen molar-refractivity contribution in [3.63, 3.8) is 0 Å². The summed E-state index contributed by atoms with van der Waals surface area (Å²) in [5, 5.41) is 0.0851. The van der Waals surface area contributed by atoms with Gasteiger partial charge in [0.1, 0.15) is 12.2 Å². The number of rotatable bonds is 6. The largest absolute Gasteiger partial charge is 0.446 e. The van der Waals surface area contributed by atoms with E-state index in [0.717, 1.165) is 0 Å². The Bertz CT molecular complexity index is 472. The van der Waals surface area contributed by atoms with Gasteiger partial charge in [-0.15, -0.1) is 6.42 Å². The van der Waals surface area contributed by atoms with E-state index in [2.05, 4.69) is 33.9 Å². The van der Waals surface area contributed by atoms with Gasteiger partial charge in [-0.2, -0.15) is 0 Å². The Morgan fingerprint density at radius 3 is 2.52 bits per heavy atom. The van der Waals surface area contributed by atoms with Gasteiger partial charge in [-0.3, -0.25) is 0 Å². The molecule has 0 unspecified atom stereocenters. The molecule has 5 nitrogen and oxygen atoms in total. The SMILES string of the molecule is C#CC(=O)O[C@H]1C=C[C@@H](OCC)O[C@@H]1CO[Si](C)(C)C(C)(C)C. The van der Waals surface area contributed by atoms with Gasteiger partial charge in [0.05, 0.1) is 6.61 Å². The zero-order valence-electron chi connectivity index (χ0n) is 14.9. The predicted octanol–water partition coefficient (Wildman–Crippen LogP) is 2.87. The first-order chi connectivity index (χ1) is 10.6. The van der Waals surface area contributed by atoms with Crippen LogP contribution in [0.5, 0.6) is 0 Å². The van der Waals surface area contributed by atoms with Crippen molar-refractivity contribution in [1.82, 2.24) is 0 Å². The summed E-state index contributed by atoms with van der Waals surface area (Å²) in [5.74, 6) is 1.24. The standard InChI is InChI=1S/C17H28O5Si/c1-8-15(18)21-13-10-11-16(19-9-2)22-14(13)12-20-23(6,7)17(3,4)5/h1,10-11,13-14,16H,9,12H2,2-7H3/t13-,14+,16-/m0/s1. The lowest BCUT2D eigenvalue weighted by Gasteiger charge is -2.39. The molecule has 0 radical (unpaired) electrons. The van der Waals surface area contributed by atoms with Gasteiger partial charge in [0.15, 0.2) is 14.6 Å². The molecule has 0 aliphatic carbocycles. The highest BCUT2D eigenvalue weighted by Gasteiger charge is 2.39. The predicted molar refractivity (Wildman–Crippen MR) is 91.3 cm³/mol. The number of ether oxygens (including phenoxy) is 3. The van der Waals surface area contributed by atoms with Crippen LogP contribution >= 0.6 is 0 Å². The number of hydrogen-bond acceptors (Lipinski definition) is 5. The van der Waals surface area contributed by atoms with Gasteiger partial charge in [0.2, 0.25) is 0 Å². The molecule has 6 heteroatoms. The molecule has 0 bridgehead atoms. The van der Waals surface area contributed by atoms with Crippen LogP contribution in [0.2, 0.25) is 18.1 Å². The van der Waals surface area contributed by atoms with Crippen molar-refractivity contribution in [2.75, 3.05) is 13.2 Å². The normalized spacial score (nSPS) is 25.0. The van der Waals surface area contributed by atoms with Crippen LogP contribution in [0, 0.1) is 12.3 Å². The Kier molecular flexibility index (Phi) is 7.02. The Balaban J connectivity index is 2.79. The van der Waals surface area contributed by atoms with Crippen LogP contribution in [0.15, 0.2) is 12.2 Å². The third-order valence-electron chi connectivity index (χ3n) is 4.24. The van der Waals surface area contributed by atoms with Crippen LogP contribution in [-0.4, -0.2) is 46.0 Å². The van der Waals surface area contributed by atoms with Gasteiger partial charge in [-0.05, 0) is 37.2 Å². The number of carbonyl (C=O) groups excluding carboxylic acids is 1. The second-order valence-corrected chi connectivity index (χ2v) is 11.8. The molecule has 0 saturated heterocycles. The molecule has 0 saturated carbocycles. The van der Waals surface area contributed by atoms with E-state index in [4.69, 9.17) is 25.1 Å². The summed E-state index contributed by atoms with van der Waals surface area (Å²) in [6.45, 7) is 13.6. The minimum Gasteiger partial charge on any atom is -0.446 e. The molecule has 0 amide bonds. The summed E-state index contributed by atoms with van der Waals surface area (Å²) >= 11 is 0. The number of hydrogen-bond donors (Lipinski definition) is 0. The van der Waals surface area contributed by atoms with Crippen LogP contribution in [-0.2, 0) is 23.4 Å². The fourth-order valence-corrected chi connectivity index (χ4v) is 2.81. The summed E-state index contributed by atoms with van der Waals surface area (Å²) in [6, 6.07) is 0. The smallest absolute Gasteiger partial charge is 0.384 e. The lowest BCUT2D eigenvalue weighted by molar-refractivity contribution is -0.187. The maximum Gasteiger partial charge on any atom is 0.384 e. The van der Waals surface area contributed by atoms with Crippen molar-refractivity contribution in [3.05, 3.63) is 12.2 Å². The number of esters is 1. The summed E-state index contributed by atoms with van der Waals surface area (Å²) in [7, 11) is -1.93. The van der Waals surface area contributed by atoms with Crippen LogP contribution in [0.3, 0.4) is 0 Å². The molecule has 130 valence electrons. The van der Waals surface area contributed by atoms with Gasteiger partial charge in [-0.1, -0.05) is 20.8 Å². The number of carbonyl (C=O) groups is 1. The van der Waals surface area contributed by atoms with Gasteiger partial charge >= 0.3 is 5.97 Å². The molecular weight excluding hydrogens is 312 g/mol. The molecule has 0 aromatic heterocycles. The molecule has 1 aliphatic rings. The van der Waals surface area contributed by atoms with Crippen molar-refractivity contribution >= 4 is 14.3 Å². The summed E-state index contributed by atoms with van der Waals surface area (Å²) in [6.07, 6.45) is 7.07. The average Bonchev–Trinajstić information content (AvgIpc) is 2.46. The summed E-state index contributed by atoms with van der Waals surface area (Å²) < 4.78 is 22.7. The van der Waals surface area contributed by atoms with Gasteiger partial charge < -0.3 is 18.6 Å². The highest BCUT2D eigenvalue weighted by Crippen LogP contribution is 2.37. The summed E-state index contributed by atoms with van der Waals surface area (Å²) in [5.41, 5.74) is 0. The maximum absolute atomic E-state index is 11.4. The third kappa shape index (κ3) is 5.77. The fraction of sp³-hybridized carbons (Fsp3) is 0.706. The highest BCUT2D eigenvalue weighted by molar-refractivity contribution is 6.74. The van der Waals surface area contributed by atoms with Crippen LogP contribution in [0.25, 0.3) is 0 Å². The Labute approximate surface area is 140 Å². The molecule has 1 rings (SSSR count). The van der Waals surface area contributed by atoms with Crippen molar-refractivity contribution in [2.24, 2.45) is 0 Å².